The number of nitrogens with one attached hydrogen (secondary N) is 1. The lowest BCUT2D eigenvalue weighted by Gasteiger charge is -2.37. The van der Waals surface area contributed by atoms with Crippen LogP contribution in [0.2, 0.25) is 0 Å². The summed E-state index contributed by atoms with van der Waals surface area (Å²) < 4.78 is 7.29. The van der Waals surface area contributed by atoms with Crippen molar-refractivity contribution in [3.63, 3.8) is 0 Å². The van der Waals surface area contributed by atoms with E-state index in [1.54, 1.807) is 11.5 Å². The Morgan fingerprint density at radius 1 is 0.881 bits per heavy atom. The van der Waals surface area contributed by atoms with Crippen LogP contribution < -0.4 is 15.1 Å². The highest BCUT2D eigenvalue weighted by Gasteiger charge is 2.26. The number of hydrogen-bond donors (Lipinski definition) is 1. The van der Waals surface area contributed by atoms with Gasteiger partial charge in [0.15, 0.2) is 0 Å². The van der Waals surface area contributed by atoms with Crippen LogP contribution in [0, 0.1) is 6.92 Å². The molecule has 1 fully saturated rings. The second-order valence-electron chi connectivity index (χ2n) is 10.5. The van der Waals surface area contributed by atoms with Gasteiger partial charge in [0.25, 0.3) is 11.7 Å². The number of aromatic nitrogens is 2. The molecular formula is C34H33N5O3. The van der Waals surface area contributed by atoms with Gasteiger partial charge < -0.3 is 24.3 Å². The van der Waals surface area contributed by atoms with Crippen molar-refractivity contribution in [1.29, 1.82) is 0 Å². The average molecular weight is 560 g/mol. The molecule has 1 aliphatic heterocycles. The first kappa shape index (κ1) is 27.2. The third kappa shape index (κ3) is 5.49. The van der Waals surface area contributed by atoms with Crippen molar-refractivity contribution in [3.8, 4) is 11.1 Å². The number of anilines is 3. The van der Waals surface area contributed by atoms with Gasteiger partial charge in [-0.3, -0.25) is 9.59 Å². The first-order chi connectivity index (χ1) is 20.5. The van der Waals surface area contributed by atoms with Crippen molar-refractivity contribution in [2.75, 3.05) is 48.4 Å². The average Bonchev–Trinajstić information content (AvgIpc) is 3.41. The zero-order valence-electron chi connectivity index (χ0n) is 23.8. The summed E-state index contributed by atoms with van der Waals surface area (Å²) in [6, 6.07) is 27.1. The quantitative estimate of drug-likeness (QED) is 0.197. The van der Waals surface area contributed by atoms with Crippen LogP contribution in [0.25, 0.3) is 16.6 Å². The number of carbonyl (C=O) groups is 2. The molecule has 0 atom stereocenters. The van der Waals surface area contributed by atoms with Crippen molar-refractivity contribution in [2.45, 2.75) is 13.5 Å². The molecule has 0 unspecified atom stereocenters. The highest BCUT2D eigenvalue weighted by molar-refractivity contribution is 6.47. The maximum atomic E-state index is 13.6. The lowest BCUT2D eigenvalue weighted by molar-refractivity contribution is -0.112. The molecule has 42 heavy (non-hydrogen) atoms. The minimum atomic E-state index is -0.689. The lowest BCUT2D eigenvalue weighted by Crippen LogP contribution is -2.47. The number of aryl methyl sites for hydroxylation is 1. The van der Waals surface area contributed by atoms with Crippen LogP contribution in [0.5, 0.6) is 0 Å². The van der Waals surface area contributed by atoms with Gasteiger partial charge in [-0.25, -0.2) is 4.98 Å². The van der Waals surface area contributed by atoms with Crippen LogP contribution in [0.3, 0.4) is 0 Å². The Morgan fingerprint density at radius 2 is 1.64 bits per heavy atom. The van der Waals surface area contributed by atoms with Gasteiger partial charge in [-0.1, -0.05) is 36.4 Å². The zero-order chi connectivity index (χ0) is 29.1. The number of ketones is 1. The Balaban J connectivity index is 1.21. The molecule has 1 amide bonds. The number of rotatable bonds is 8. The maximum absolute atomic E-state index is 13.6. The number of amides is 1. The van der Waals surface area contributed by atoms with Gasteiger partial charge in [0.05, 0.1) is 6.61 Å². The Bertz CT molecular complexity index is 1740. The van der Waals surface area contributed by atoms with Crippen molar-refractivity contribution >= 4 is 34.4 Å². The predicted octanol–water partition coefficient (Wildman–Crippen LogP) is 5.60. The molecule has 0 saturated carbocycles. The number of piperazine rings is 1. The van der Waals surface area contributed by atoms with E-state index < -0.39 is 11.7 Å². The van der Waals surface area contributed by atoms with Crippen LogP contribution in [0.1, 0.15) is 21.6 Å². The van der Waals surface area contributed by atoms with E-state index in [-0.39, 0.29) is 0 Å². The van der Waals surface area contributed by atoms with Crippen LogP contribution in [-0.2, 0) is 16.1 Å². The SMILES string of the molecule is COCc1cc(NC(=O)C(=O)c2c(-c3ccccc3)cc3ccccn23)ccc1N1CCN(c2cc(C)ccn2)CC1. The molecular weight excluding hydrogens is 526 g/mol. The summed E-state index contributed by atoms with van der Waals surface area (Å²) in [6.07, 6.45) is 3.66. The highest BCUT2D eigenvalue weighted by Crippen LogP contribution is 2.30. The Kier molecular flexibility index (Phi) is 7.70. The molecule has 2 aromatic carbocycles. The summed E-state index contributed by atoms with van der Waals surface area (Å²) in [6.45, 7) is 5.83. The Labute approximate surface area is 245 Å². The third-order valence-corrected chi connectivity index (χ3v) is 7.67. The van der Waals surface area contributed by atoms with Crippen LogP contribution >= 0.6 is 0 Å². The smallest absolute Gasteiger partial charge is 0.298 e. The van der Waals surface area contributed by atoms with Gasteiger partial charge in [0.1, 0.15) is 11.5 Å². The lowest BCUT2D eigenvalue weighted by atomic mass is 10.0. The number of carbonyl (C=O) groups excluding carboxylic acids is 2. The molecule has 0 radical (unpaired) electrons. The van der Waals surface area contributed by atoms with Crippen molar-refractivity contribution in [2.24, 2.45) is 0 Å². The summed E-state index contributed by atoms with van der Waals surface area (Å²) in [7, 11) is 1.66. The number of fused-ring (bicyclic) bond motifs is 1. The molecule has 5 aromatic rings. The van der Waals surface area contributed by atoms with E-state index in [4.69, 9.17) is 4.74 Å². The van der Waals surface area contributed by atoms with E-state index >= 15 is 0 Å². The second kappa shape index (κ2) is 11.9. The molecule has 1 aliphatic rings. The van der Waals surface area contributed by atoms with Crippen LogP contribution in [0.15, 0.2) is 97.3 Å². The van der Waals surface area contributed by atoms with E-state index in [0.29, 0.717) is 18.0 Å². The number of pyridine rings is 2. The van der Waals surface area contributed by atoms with E-state index in [9.17, 15) is 9.59 Å². The molecule has 0 spiro atoms. The first-order valence-electron chi connectivity index (χ1n) is 14.1. The maximum Gasteiger partial charge on any atom is 0.298 e. The van der Waals surface area contributed by atoms with E-state index in [1.165, 1.54) is 5.56 Å². The fourth-order valence-corrected chi connectivity index (χ4v) is 5.60. The van der Waals surface area contributed by atoms with Crippen LogP contribution in [0.4, 0.5) is 17.2 Å². The molecule has 6 rings (SSSR count). The third-order valence-electron chi connectivity index (χ3n) is 7.67. The Morgan fingerprint density at radius 3 is 2.40 bits per heavy atom. The van der Waals surface area contributed by atoms with Gasteiger partial charge in [0, 0.05) is 73.7 Å². The number of hydrogen-bond acceptors (Lipinski definition) is 6. The van der Waals surface area contributed by atoms with Gasteiger partial charge in [-0.2, -0.15) is 0 Å². The van der Waals surface area contributed by atoms with Gasteiger partial charge in [0.2, 0.25) is 0 Å². The van der Waals surface area contributed by atoms with Crippen molar-refractivity contribution in [3.05, 3.63) is 114 Å². The summed E-state index contributed by atoms with van der Waals surface area (Å²) in [5, 5.41) is 2.84. The highest BCUT2D eigenvalue weighted by atomic mass is 16.5. The number of nitrogens with zero attached hydrogens (tertiary/aromatic N) is 4. The molecule has 1 N–H and O–H groups in total. The Hall–Kier alpha value is -4.95. The van der Waals surface area contributed by atoms with E-state index in [1.807, 2.05) is 91.3 Å². The summed E-state index contributed by atoms with van der Waals surface area (Å²) in [4.78, 5) is 36.2. The predicted molar refractivity (Wildman–Crippen MR) is 166 cm³/mol. The first-order valence-corrected chi connectivity index (χ1v) is 14.1. The fourth-order valence-electron chi connectivity index (χ4n) is 5.60. The largest absolute Gasteiger partial charge is 0.380 e. The van der Waals surface area contributed by atoms with Gasteiger partial charge in [-0.15, -0.1) is 0 Å². The standard InChI is InChI=1S/C34H33N5O3/c1-24-13-14-35-31(20-24)38-18-16-37(17-19-38)30-12-11-27(21-26(30)23-42-2)36-34(41)33(40)32-29(25-8-4-3-5-9-25)22-28-10-6-7-15-39(28)32/h3-15,20-22H,16-19,23H2,1-2H3,(H,36,41). The second-order valence-corrected chi connectivity index (χ2v) is 10.5. The molecule has 3 aromatic heterocycles. The van der Waals surface area contributed by atoms with Crippen molar-refractivity contribution in [1.82, 2.24) is 9.38 Å². The van der Waals surface area contributed by atoms with E-state index in [2.05, 4.69) is 33.1 Å². The molecule has 0 bridgehead atoms. The van der Waals surface area contributed by atoms with Gasteiger partial charge >= 0.3 is 0 Å². The van der Waals surface area contributed by atoms with E-state index in [0.717, 1.165) is 59.9 Å². The van der Waals surface area contributed by atoms with Gasteiger partial charge in [-0.05, 0) is 66.6 Å². The number of Topliss-reactive ketones (excluding diaryl/α,β-unsaturated/α-hetero) is 1. The molecule has 212 valence electrons. The normalized spacial score (nSPS) is 13.4. The molecule has 0 aliphatic carbocycles. The number of benzene rings is 2. The molecule has 4 heterocycles. The minimum Gasteiger partial charge on any atom is -0.380 e. The molecule has 8 heteroatoms. The topological polar surface area (TPSA) is 79.2 Å². The summed E-state index contributed by atoms with van der Waals surface area (Å²) in [5.41, 5.74) is 6.53. The molecule has 8 nitrogen and oxygen atoms in total. The molecule has 1 saturated heterocycles. The summed E-state index contributed by atoms with van der Waals surface area (Å²) >= 11 is 0. The summed E-state index contributed by atoms with van der Waals surface area (Å²) in [5.74, 6) is -0.287. The number of methoxy groups -OCH3 is 1. The zero-order valence-corrected chi connectivity index (χ0v) is 23.8. The van der Waals surface area contributed by atoms with Crippen molar-refractivity contribution < 1.29 is 14.3 Å². The fraction of sp³-hybridized carbons (Fsp3) is 0.206. The minimum absolute atomic E-state index is 0.337. The van der Waals surface area contributed by atoms with Crippen LogP contribution in [-0.4, -0.2) is 54.4 Å². The number of ether oxygens (including phenoxy) is 1. The monoisotopic (exact) mass is 559 g/mol.